The lowest BCUT2D eigenvalue weighted by molar-refractivity contribution is -0.122. The lowest BCUT2D eigenvalue weighted by atomic mass is 10.0. The number of rotatable bonds is 5. The van der Waals surface area contributed by atoms with Crippen LogP contribution in [0.2, 0.25) is 0 Å². The zero-order valence-electron chi connectivity index (χ0n) is 13.6. The van der Waals surface area contributed by atoms with Crippen molar-refractivity contribution >= 4 is 27.5 Å². The summed E-state index contributed by atoms with van der Waals surface area (Å²) in [6.07, 6.45) is 1.84. The van der Waals surface area contributed by atoms with Crippen molar-refractivity contribution in [3.63, 3.8) is 0 Å². The first-order chi connectivity index (χ1) is 11.3. The summed E-state index contributed by atoms with van der Waals surface area (Å²) in [5.41, 5.74) is 5.72. The molecule has 1 aromatic carbocycles. The number of methoxy groups -OCH3 is 1. The summed E-state index contributed by atoms with van der Waals surface area (Å²) in [6.45, 7) is 1.58. The summed E-state index contributed by atoms with van der Waals surface area (Å²) in [4.78, 5) is 22.8. The average molecular weight is 355 g/mol. The first-order valence-corrected chi connectivity index (χ1v) is 8.98. The van der Waals surface area contributed by atoms with Crippen LogP contribution in [0, 0.1) is 0 Å². The van der Waals surface area contributed by atoms with Gasteiger partial charge in [0.15, 0.2) is 0 Å². The molecular formula is C15H21N3O5S. The Kier molecular flexibility index (Phi) is 5.45. The summed E-state index contributed by atoms with van der Waals surface area (Å²) >= 11 is 0. The molecule has 2 amide bonds. The van der Waals surface area contributed by atoms with Crippen LogP contribution >= 0.6 is 0 Å². The van der Waals surface area contributed by atoms with E-state index in [4.69, 9.17) is 10.5 Å². The number of carbonyl (C=O) groups excluding carboxylic acids is 2. The zero-order chi connectivity index (χ0) is 17.9. The molecule has 0 saturated carbocycles. The van der Waals surface area contributed by atoms with E-state index in [1.807, 2.05) is 0 Å². The predicted octanol–water partition coefficient (Wildman–Crippen LogP) is 0.682. The molecule has 132 valence electrons. The minimum atomic E-state index is -3.89. The van der Waals surface area contributed by atoms with Crippen LogP contribution in [0.25, 0.3) is 0 Å². The van der Waals surface area contributed by atoms with Crippen LogP contribution in [-0.4, -0.2) is 44.2 Å². The second-order valence-corrected chi connectivity index (χ2v) is 7.46. The Bertz CT molecular complexity index is 747. The fourth-order valence-electron chi connectivity index (χ4n) is 2.74. The van der Waals surface area contributed by atoms with E-state index >= 15 is 0 Å². The third-order valence-corrected chi connectivity index (χ3v) is 5.78. The molecular weight excluding hydrogens is 334 g/mol. The van der Waals surface area contributed by atoms with Gasteiger partial charge >= 0.3 is 0 Å². The average Bonchev–Trinajstić information content (AvgIpc) is 2.54. The van der Waals surface area contributed by atoms with Gasteiger partial charge in [-0.1, -0.05) is 6.42 Å². The molecule has 8 nitrogen and oxygen atoms in total. The van der Waals surface area contributed by atoms with Crippen molar-refractivity contribution in [1.82, 2.24) is 4.31 Å². The maximum Gasteiger partial charge on any atom is 0.243 e. The Balaban J connectivity index is 2.41. The van der Waals surface area contributed by atoms with Gasteiger partial charge in [-0.05, 0) is 25.0 Å². The van der Waals surface area contributed by atoms with Crippen LogP contribution in [0.1, 0.15) is 26.2 Å². The van der Waals surface area contributed by atoms with E-state index in [0.29, 0.717) is 18.5 Å². The van der Waals surface area contributed by atoms with Gasteiger partial charge in [0.25, 0.3) is 0 Å². The summed E-state index contributed by atoms with van der Waals surface area (Å²) < 4.78 is 32.1. The van der Waals surface area contributed by atoms with Crippen LogP contribution in [0.15, 0.2) is 23.1 Å². The number of anilines is 1. The van der Waals surface area contributed by atoms with Crippen molar-refractivity contribution in [2.45, 2.75) is 37.1 Å². The highest BCUT2D eigenvalue weighted by Crippen LogP contribution is 2.31. The van der Waals surface area contributed by atoms with Crippen LogP contribution in [0.5, 0.6) is 5.75 Å². The molecule has 1 atom stereocenters. The number of piperidine rings is 1. The number of nitrogens with one attached hydrogen (secondary N) is 1. The van der Waals surface area contributed by atoms with Crippen molar-refractivity contribution in [2.24, 2.45) is 5.73 Å². The van der Waals surface area contributed by atoms with E-state index in [2.05, 4.69) is 5.32 Å². The van der Waals surface area contributed by atoms with Gasteiger partial charge in [0.2, 0.25) is 21.8 Å². The maximum atomic E-state index is 12.9. The van der Waals surface area contributed by atoms with Gasteiger partial charge < -0.3 is 15.8 Å². The molecule has 2 rings (SSSR count). The number of nitrogens with zero attached hydrogens (tertiary/aromatic N) is 1. The second kappa shape index (κ2) is 7.18. The minimum absolute atomic E-state index is 0.0124. The van der Waals surface area contributed by atoms with E-state index in [1.165, 1.54) is 32.2 Å². The molecule has 24 heavy (non-hydrogen) atoms. The molecule has 1 fully saturated rings. The van der Waals surface area contributed by atoms with Gasteiger partial charge in [-0.2, -0.15) is 4.31 Å². The smallest absolute Gasteiger partial charge is 0.243 e. The maximum absolute atomic E-state index is 12.9. The fourth-order valence-corrected chi connectivity index (χ4v) is 4.42. The summed E-state index contributed by atoms with van der Waals surface area (Å²) in [5, 5.41) is 2.56. The molecule has 9 heteroatoms. The highest BCUT2D eigenvalue weighted by Gasteiger charge is 2.36. The molecule has 0 bridgehead atoms. The number of sulfonamides is 1. The van der Waals surface area contributed by atoms with Crippen LogP contribution in [0.3, 0.4) is 0 Å². The van der Waals surface area contributed by atoms with Crippen molar-refractivity contribution in [3.8, 4) is 5.75 Å². The Morgan fingerprint density at radius 2 is 2.04 bits per heavy atom. The number of benzene rings is 1. The van der Waals surface area contributed by atoms with Crippen molar-refractivity contribution in [2.75, 3.05) is 19.0 Å². The molecule has 1 saturated heterocycles. The first-order valence-electron chi connectivity index (χ1n) is 7.54. The molecule has 1 aliphatic heterocycles. The standard InChI is InChI=1S/C15H21N3O5S/c1-10(19)17-12-7-6-11(9-14(12)23-2)24(21,22)18-8-4-3-5-13(18)15(16)20/h6-7,9,13H,3-5,8H2,1-2H3,(H2,16,20)(H,17,19)/t13-/m1/s1. The largest absolute Gasteiger partial charge is 0.495 e. The van der Waals surface area contributed by atoms with E-state index in [1.54, 1.807) is 0 Å². The molecule has 1 heterocycles. The monoisotopic (exact) mass is 355 g/mol. The molecule has 0 radical (unpaired) electrons. The Hall–Kier alpha value is -2.13. The minimum Gasteiger partial charge on any atom is -0.495 e. The number of ether oxygens (including phenoxy) is 1. The molecule has 1 aliphatic rings. The first kappa shape index (κ1) is 18.2. The summed E-state index contributed by atoms with van der Waals surface area (Å²) in [5.74, 6) is -0.729. The van der Waals surface area contributed by atoms with Gasteiger partial charge in [-0.3, -0.25) is 9.59 Å². The van der Waals surface area contributed by atoms with Gasteiger partial charge in [0.1, 0.15) is 11.8 Å². The van der Waals surface area contributed by atoms with E-state index in [9.17, 15) is 18.0 Å². The number of hydrogen-bond donors (Lipinski definition) is 2. The van der Waals surface area contributed by atoms with Crippen molar-refractivity contribution < 1.29 is 22.7 Å². The normalized spacial score (nSPS) is 18.8. The number of hydrogen-bond acceptors (Lipinski definition) is 5. The Morgan fingerprint density at radius 1 is 1.33 bits per heavy atom. The topological polar surface area (TPSA) is 119 Å². The predicted molar refractivity (Wildman–Crippen MR) is 88.0 cm³/mol. The van der Waals surface area contributed by atoms with E-state index in [-0.39, 0.29) is 23.1 Å². The van der Waals surface area contributed by atoms with Gasteiger partial charge in [0.05, 0.1) is 17.7 Å². The fraction of sp³-hybridized carbons (Fsp3) is 0.467. The van der Waals surface area contributed by atoms with Gasteiger partial charge in [-0.15, -0.1) is 0 Å². The van der Waals surface area contributed by atoms with Crippen molar-refractivity contribution in [3.05, 3.63) is 18.2 Å². The molecule has 0 aliphatic carbocycles. The molecule has 3 N–H and O–H groups in total. The van der Waals surface area contributed by atoms with E-state index in [0.717, 1.165) is 10.7 Å². The van der Waals surface area contributed by atoms with Gasteiger partial charge in [-0.25, -0.2) is 8.42 Å². The summed E-state index contributed by atoms with van der Waals surface area (Å²) in [7, 11) is -2.52. The lowest BCUT2D eigenvalue weighted by Crippen LogP contribution is -2.50. The summed E-state index contributed by atoms with van der Waals surface area (Å²) in [6, 6.07) is 3.31. The highest BCUT2D eigenvalue weighted by molar-refractivity contribution is 7.89. The molecule has 1 aromatic rings. The number of amides is 2. The Labute approximate surface area is 141 Å². The van der Waals surface area contributed by atoms with Crippen LogP contribution in [0.4, 0.5) is 5.69 Å². The second-order valence-electron chi connectivity index (χ2n) is 5.57. The molecule has 0 spiro atoms. The Morgan fingerprint density at radius 3 is 2.62 bits per heavy atom. The SMILES string of the molecule is COc1cc(S(=O)(=O)N2CCCC[C@@H]2C(N)=O)ccc1NC(C)=O. The molecule has 0 aromatic heterocycles. The van der Waals surface area contributed by atoms with Crippen LogP contribution < -0.4 is 15.8 Å². The highest BCUT2D eigenvalue weighted by atomic mass is 32.2. The third-order valence-electron chi connectivity index (χ3n) is 3.87. The number of carbonyl (C=O) groups is 2. The lowest BCUT2D eigenvalue weighted by Gasteiger charge is -2.32. The molecule has 0 unspecified atom stereocenters. The quantitative estimate of drug-likeness (QED) is 0.805. The van der Waals surface area contributed by atoms with E-state index < -0.39 is 22.0 Å². The number of primary amides is 1. The number of nitrogens with two attached hydrogens (primary N) is 1. The zero-order valence-corrected chi connectivity index (χ0v) is 14.4. The van der Waals surface area contributed by atoms with Gasteiger partial charge in [0, 0.05) is 19.5 Å². The third kappa shape index (κ3) is 3.68. The van der Waals surface area contributed by atoms with Crippen LogP contribution in [-0.2, 0) is 19.6 Å². The van der Waals surface area contributed by atoms with Crippen molar-refractivity contribution in [1.29, 1.82) is 0 Å².